The highest BCUT2D eigenvalue weighted by atomic mass is 79.9. The summed E-state index contributed by atoms with van der Waals surface area (Å²) in [5, 5.41) is 2.75. The lowest BCUT2D eigenvalue weighted by Crippen LogP contribution is -2.51. The van der Waals surface area contributed by atoms with E-state index in [2.05, 4.69) is 37.2 Å². The van der Waals surface area contributed by atoms with E-state index in [1.54, 1.807) is 50.2 Å². The van der Waals surface area contributed by atoms with Gasteiger partial charge in [-0.15, -0.1) is 0 Å². The standard InChI is InChI=1S/C28H31Br2N3O5S/c1-4-31-28(35)20(3)32(18-21-6-8-22(29)9-7-21)27(34)19-33(24-12-14-25(15-13-24)38-5-2)39(36,37)26-16-10-23(30)11-17-26/h6-17,20H,4-5,18-19H2,1-3H3,(H,31,35)/t20-/m1/s1. The van der Waals surface area contributed by atoms with Crippen molar-refractivity contribution in [3.8, 4) is 5.75 Å². The van der Waals surface area contributed by atoms with Crippen molar-refractivity contribution in [2.24, 2.45) is 0 Å². The fraction of sp³-hybridized carbons (Fsp3) is 0.286. The first kappa shape index (κ1) is 30.6. The van der Waals surface area contributed by atoms with Crippen LogP contribution in [-0.4, -0.2) is 50.9 Å². The molecule has 208 valence electrons. The van der Waals surface area contributed by atoms with E-state index in [0.29, 0.717) is 24.6 Å². The van der Waals surface area contributed by atoms with Crippen LogP contribution in [0.3, 0.4) is 0 Å². The molecule has 1 N–H and O–H groups in total. The maximum Gasteiger partial charge on any atom is 0.264 e. The Labute approximate surface area is 246 Å². The molecule has 0 saturated heterocycles. The SMILES string of the molecule is CCNC(=O)[C@@H](C)N(Cc1ccc(Br)cc1)C(=O)CN(c1ccc(OCC)cc1)S(=O)(=O)c1ccc(Br)cc1. The van der Waals surface area contributed by atoms with Crippen LogP contribution in [0.25, 0.3) is 0 Å². The number of hydrogen-bond acceptors (Lipinski definition) is 5. The Hall–Kier alpha value is -2.89. The molecule has 0 saturated carbocycles. The largest absolute Gasteiger partial charge is 0.494 e. The Morgan fingerprint density at radius 1 is 0.897 bits per heavy atom. The Kier molecular flexibility index (Phi) is 11.0. The number of anilines is 1. The summed E-state index contributed by atoms with van der Waals surface area (Å²) in [5.74, 6) is -0.270. The van der Waals surface area contributed by atoms with Crippen molar-refractivity contribution in [3.05, 3.63) is 87.3 Å². The minimum absolute atomic E-state index is 0.0311. The second-order valence-electron chi connectivity index (χ2n) is 8.61. The molecule has 0 spiro atoms. The number of nitrogens with zero attached hydrogens (tertiary/aromatic N) is 2. The van der Waals surface area contributed by atoms with Gasteiger partial charge < -0.3 is 15.0 Å². The number of nitrogens with one attached hydrogen (secondary N) is 1. The molecule has 8 nitrogen and oxygen atoms in total. The van der Waals surface area contributed by atoms with Crippen molar-refractivity contribution in [2.45, 2.75) is 38.3 Å². The van der Waals surface area contributed by atoms with Gasteiger partial charge in [0.05, 0.1) is 17.2 Å². The Bertz CT molecular complexity index is 1370. The van der Waals surface area contributed by atoms with Crippen molar-refractivity contribution in [1.29, 1.82) is 0 Å². The number of sulfonamides is 1. The molecule has 2 amide bonds. The molecular weight excluding hydrogens is 650 g/mol. The van der Waals surface area contributed by atoms with Crippen molar-refractivity contribution in [3.63, 3.8) is 0 Å². The smallest absolute Gasteiger partial charge is 0.264 e. The first-order valence-corrected chi connectivity index (χ1v) is 15.4. The molecule has 11 heteroatoms. The number of carbonyl (C=O) groups is 2. The van der Waals surface area contributed by atoms with Crippen LogP contribution in [0.4, 0.5) is 5.69 Å². The summed E-state index contributed by atoms with van der Waals surface area (Å²) in [5.41, 5.74) is 1.09. The maximum absolute atomic E-state index is 13.8. The van der Waals surface area contributed by atoms with E-state index in [9.17, 15) is 18.0 Å². The molecule has 0 aliphatic rings. The summed E-state index contributed by atoms with van der Waals surface area (Å²) < 4.78 is 35.8. The fourth-order valence-corrected chi connectivity index (χ4v) is 5.77. The molecule has 0 heterocycles. The average Bonchev–Trinajstić information content (AvgIpc) is 2.92. The molecule has 3 aromatic rings. The number of ether oxygens (including phenoxy) is 1. The lowest BCUT2D eigenvalue weighted by molar-refractivity contribution is -0.139. The second-order valence-corrected chi connectivity index (χ2v) is 12.3. The zero-order chi connectivity index (χ0) is 28.6. The minimum Gasteiger partial charge on any atom is -0.494 e. The predicted octanol–water partition coefficient (Wildman–Crippen LogP) is 5.36. The predicted molar refractivity (Wildman–Crippen MR) is 159 cm³/mol. The Morgan fingerprint density at radius 3 is 2.00 bits per heavy atom. The van der Waals surface area contributed by atoms with Gasteiger partial charge >= 0.3 is 0 Å². The van der Waals surface area contributed by atoms with Gasteiger partial charge in [-0.25, -0.2) is 8.42 Å². The molecule has 0 fully saturated rings. The van der Waals surface area contributed by atoms with Gasteiger partial charge in [-0.3, -0.25) is 13.9 Å². The van der Waals surface area contributed by atoms with Gasteiger partial charge in [0.15, 0.2) is 0 Å². The summed E-state index contributed by atoms with van der Waals surface area (Å²) in [6.07, 6.45) is 0. The van der Waals surface area contributed by atoms with Crippen molar-refractivity contribution >= 4 is 59.4 Å². The van der Waals surface area contributed by atoms with Gasteiger partial charge in [-0.05, 0) is 87.0 Å². The summed E-state index contributed by atoms with van der Waals surface area (Å²) in [7, 11) is -4.14. The van der Waals surface area contributed by atoms with Crippen LogP contribution in [0.2, 0.25) is 0 Å². The van der Waals surface area contributed by atoms with Gasteiger partial charge in [-0.1, -0.05) is 44.0 Å². The van der Waals surface area contributed by atoms with Crippen molar-refractivity contribution < 1.29 is 22.7 Å². The number of carbonyl (C=O) groups excluding carboxylic acids is 2. The third kappa shape index (κ3) is 8.06. The molecule has 0 unspecified atom stereocenters. The number of amides is 2. The van der Waals surface area contributed by atoms with Gasteiger partial charge in [0.1, 0.15) is 18.3 Å². The van der Waals surface area contributed by atoms with Gasteiger partial charge in [0, 0.05) is 22.0 Å². The molecule has 39 heavy (non-hydrogen) atoms. The lowest BCUT2D eigenvalue weighted by Gasteiger charge is -2.32. The van der Waals surface area contributed by atoms with Crippen LogP contribution < -0.4 is 14.4 Å². The molecule has 0 bridgehead atoms. The number of rotatable bonds is 12. The summed E-state index contributed by atoms with van der Waals surface area (Å²) in [6.45, 7) is 5.76. The first-order valence-electron chi connectivity index (χ1n) is 12.4. The molecule has 0 radical (unpaired) electrons. The number of hydrogen-bond donors (Lipinski definition) is 1. The molecule has 0 aliphatic carbocycles. The summed E-state index contributed by atoms with van der Waals surface area (Å²) in [4.78, 5) is 28.1. The molecule has 3 rings (SSSR count). The van der Waals surface area contributed by atoms with E-state index < -0.39 is 28.5 Å². The van der Waals surface area contributed by atoms with E-state index >= 15 is 0 Å². The Balaban J connectivity index is 2.02. The van der Waals surface area contributed by atoms with E-state index in [1.807, 2.05) is 31.2 Å². The van der Waals surface area contributed by atoms with Gasteiger partial charge in [-0.2, -0.15) is 0 Å². The zero-order valence-corrected chi connectivity index (χ0v) is 25.9. The lowest BCUT2D eigenvalue weighted by atomic mass is 10.1. The third-order valence-electron chi connectivity index (χ3n) is 5.90. The van der Waals surface area contributed by atoms with Crippen molar-refractivity contribution in [1.82, 2.24) is 10.2 Å². The summed E-state index contributed by atoms with van der Waals surface area (Å²) >= 11 is 6.74. The number of benzene rings is 3. The quantitative estimate of drug-likeness (QED) is 0.278. The van der Waals surface area contributed by atoms with Crippen LogP contribution in [0.1, 0.15) is 26.3 Å². The van der Waals surface area contributed by atoms with Crippen LogP contribution in [0.15, 0.2) is 86.6 Å². The topological polar surface area (TPSA) is 96.0 Å². The Morgan fingerprint density at radius 2 is 1.46 bits per heavy atom. The highest BCUT2D eigenvalue weighted by molar-refractivity contribution is 9.10. The molecule has 0 aliphatic heterocycles. The first-order chi connectivity index (χ1) is 18.6. The van der Waals surface area contributed by atoms with Crippen LogP contribution in [0, 0.1) is 0 Å². The minimum atomic E-state index is -4.14. The van der Waals surface area contributed by atoms with Crippen molar-refractivity contribution in [2.75, 3.05) is 24.0 Å². The van der Waals surface area contributed by atoms with Gasteiger partial charge in [0.2, 0.25) is 11.8 Å². The maximum atomic E-state index is 13.8. The highest BCUT2D eigenvalue weighted by Crippen LogP contribution is 2.27. The number of likely N-dealkylation sites (N-methyl/N-ethyl adjacent to an activating group) is 1. The fourth-order valence-electron chi connectivity index (χ4n) is 3.83. The van der Waals surface area contributed by atoms with E-state index in [1.165, 1.54) is 17.0 Å². The molecule has 0 aromatic heterocycles. The zero-order valence-electron chi connectivity index (χ0n) is 21.9. The molecule has 3 aromatic carbocycles. The van der Waals surface area contributed by atoms with Crippen LogP contribution >= 0.6 is 31.9 Å². The van der Waals surface area contributed by atoms with E-state index in [4.69, 9.17) is 4.74 Å². The second kappa shape index (κ2) is 14.0. The van der Waals surface area contributed by atoms with Crippen LogP contribution in [-0.2, 0) is 26.2 Å². The molecular formula is C28H31Br2N3O5S. The normalized spacial score (nSPS) is 11.9. The van der Waals surface area contributed by atoms with Crippen LogP contribution in [0.5, 0.6) is 5.75 Å². The van der Waals surface area contributed by atoms with E-state index in [-0.39, 0.29) is 17.3 Å². The molecule has 1 atom stereocenters. The monoisotopic (exact) mass is 679 g/mol. The summed E-state index contributed by atoms with van der Waals surface area (Å²) in [6, 6.07) is 19.3. The van der Waals surface area contributed by atoms with Gasteiger partial charge in [0.25, 0.3) is 10.0 Å². The highest BCUT2D eigenvalue weighted by Gasteiger charge is 2.32. The average molecular weight is 681 g/mol. The number of halogens is 2. The third-order valence-corrected chi connectivity index (χ3v) is 8.75. The van der Waals surface area contributed by atoms with E-state index in [0.717, 1.165) is 18.8 Å².